The Bertz CT molecular complexity index is 266. The van der Waals surface area contributed by atoms with Crippen LogP contribution in [0.2, 0.25) is 0 Å². The minimum absolute atomic E-state index is 0.390. The standard InChI is InChI=1S/C8H14O6.BH3O3/c1-3-7(13,5(9)10)8(14,4-2)6(11)12;2-1(3)4/h13-14H,3-4H2,1-2H3,(H,9,10)(H,11,12);2-4H. The molecule has 106 valence electrons. The highest BCUT2D eigenvalue weighted by Gasteiger charge is 2.58. The molecule has 2 unspecified atom stereocenters. The lowest BCUT2D eigenvalue weighted by atomic mass is 9.79. The summed E-state index contributed by atoms with van der Waals surface area (Å²) in [6.07, 6.45) is -0.780. The predicted octanol–water partition coefficient (Wildman–Crippen LogP) is -2.61. The van der Waals surface area contributed by atoms with E-state index in [1.807, 2.05) is 0 Å². The third-order valence-corrected chi connectivity index (χ3v) is 2.42. The number of aliphatic hydroxyl groups is 2. The van der Waals surface area contributed by atoms with Crippen molar-refractivity contribution in [2.24, 2.45) is 0 Å². The molecule has 0 aliphatic heterocycles. The molecule has 7 N–H and O–H groups in total. The van der Waals surface area contributed by atoms with Crippen molar-refractivity contribution in [1.29, 1.82) is 0 Å². The van der Waals surface area contributed by atoms with Crippen molar-refractivity contribution in [2.45, 2.75) is 37.9 Å². The normalized spacial score (nSPS) is 16.6. The van der Waals surface area contributed by atoms with Gasteiger partial charge in [-0.15, -0.1) is 0 Å². The Balaban J connectivity index is 0. The summed E-state index contributed by atoms with van der Waals surface area (Å²) >= 11 is 0. The van der Waals surface area contributed by atoms with E-state index in [1.165, 1.54) is 13.8 Å². The molecule has 9 nitrogen and oxygen atoms in total. The fourth-order valence-electron chi connectivity index (χ4n) is 1.24. The van der Waals surface area contributed by atoms with E-state index in [-0.39, 0.29) is 12.8 Å². The quantitative estimate of drug-likeness (QED) is 0.263. The Hall–Kier alpha value is -1.20. The van der Waals surface area contributed by atoms with Crippen molar-refractivity contribution in [3.8, 4) is 0 Å². The molecule has 0 bridgehead atoms. The topological polar surface area (TPSA) is 176 Å². The molecule has 10 heteroatoms. The van der Waals surface area contributed by atoms with Gasteiger partial charge in [0.15, 0.2) is 0 Å². The zero-order valence-electron chi connectivity index (χ0n) is 9.94. The molecule has 0 amide bonds. The summed E-state index contributed by atoms with van der Waals surface area (Å²) in [6.45, 7) is 2.58. The van der Waals surface area contributed by atoms with E-state index in [0.29, 0.717) is 0 Å². The first-order valence-corrected chi connectivity index (χ1v) is 4.95. The fourth-order valence-corrected chi connectivity index (χ4v) is 1.24. The van der Waals surface area contributed by atoms with E-state index in [9.17, 15) is 19.8 Å². The average molecular weight is 268 g/mol. The number of carbonyl (C=O) groups is 2. The van der Waals surface area contributed by atoms with Crippen LogP contribution in [0, 0.1) is 0 Å². The van der Waals surface area contributed by atoms with Crippen molar-refractivity contribution < 1.29 is 45.1 Å². The molecule has 0 aliphatic carbocycles. The summed E-state index contributed by atoms with van der Waals surface area (Å²) in [4.78, 5) is 21.4. The number of hydrogen-bond acceptors (Lipinski definition) is 7. The van der Waals surface area contributed by atoms with Gasteiger partial charge in [0, 0.05) is 0 Å². The van der Waals surface area contributed by atoms with Gasteiger partial charge in [-0.25, -0.2) is 9.59 Å². The molecule has 0 rings (SSSR count). The second kappa shape index (κ2) is 7.29. The maximum absolute atomic E-state index is 10.7. The zero-order chi connectivity index (χ0) is 15.1. The van der Waals surface area contributed by atoms with Crippen LogP contribution in [0.3, 0.4) is 0 Å². The molecule has 18 heavy (non-hydrogen) atoms. The molecule has 0 saturated carbocycles. The number of hydrogen-bond donors (Lipinski definition) is 7. The molecule has 0 aromatic rings. The highest BCUT2D eigenvalue weighted by molar-refractivity contribution is 6.30. The lowest BCUT2D eigenvalue weighted by molar-refractivity contribution is -0.208. The van der Waals surface area contributed by atoms with Gasteiger partial charge in [-0.3, -0.25) is 0 Å². The van der Waals surface area contributed by atoms with Crippen molar-refractivity contribution in [1.82, 2.24) is 0 Å². The van der Waals surface area contributed by atoms with Crippen molar-refractivity contribution >= 4 is 19.3 Å². The Morgan fingerprint density at radius 2 is 1.06 bits per heavy atom. The summed E-state index contributed by atoms with van der Waals surface area (Å²) in [5.74, 6) is -3.49. The second-order valence-electron chi connectivity index (χ2n) is 3.38. The van der Waals surface area contributed by atoms with Crippen molar-refractivity contribution in [2.75, 3.05) is 0 Å². The van der Waals surface area contributed by atoms with Gasteiger partial charge < -0.3 is 35.5 Å². The van der Waals surface area contributed by atoms with Crippen LogP contribution in [0.1, 0.15) is 26.7 Å². The van der Waals surface area contributed by atoms with Crippen LogP contribution in [0.15, 0.2) is 0 Å². The lowest BCUT2D eigenvalue weighted by Crippen LogP contribution is -2.63. The van der Waals surface area contributed by atoms with E-state index >= 15 is 0 Å². The minimum Gasteiger partial charge on any atom is -0.479 e. The lowest BCUT2D eigenvalue weighted by Gasteiger charge is -2.35. The second-order valence-corrected chi connectivity index (χ2v) is 3.38. The van der Waals surface area contributed by atoms with Gasteiger partial charge in [0.2, 0.25) is 11.2 Å². The van der Waals surface area contributed by atoms with Crippen LogP contribution in [-0.2, 0) is 9.59 Å². The maximum atomic E-state index is 10.7. The molecule has 0 spiro atoms. The molecule has 0 aromatic heterocycles. The Morgan fingerprint density at radius 3 is 1.11 bits per heavy atom. The molecule has 0 aromatic carbocycles. The first-order valence-electron chi connectivity index (χ1n) is 4.95. The van der Waals surface area contributed by atoms with Crippen LogP contribution in [-0.4, -0.2) is 66.0 Å². The maximum Gasteiger partial charge on any atom is 0.631 e. The van der Waals surface area contributed by atoms with Gasteiger partial charge >= 0.3 is 19.3 Å². The van der Waals surface area contributed by atoms with E-state index < -0.39 is 30.5 Å². The number of carboxylic acids is 2. The van der Waals surface area contributed by atoms with Crippen molar-refractivity contribution in [3.05, 3.63) is 0 Å². The van der Waals surface area contributed by atoms with Gasteiger partial charge in [-0.2, -0.15) is 0 Å². The molecule has 2 atom stereocenters. The van der Waals surface area contributed by atoms with E-state index in [4.69, 9.17) is 25.3 Å². The first-order chi connectivity index (χ1) is 7.99. The summed E-state index contributed by atoms with van der Waals surface area (Å²) in [7, 11) is -2.17. The number of rotatable bonds is 5. The third kappa shape index (κ3) is 4.24. The van der Waals surface area contributed by atoms with Gasteiger partial charge in [0.1, 0.15) is 0 Å². The SMILES string of the molecule is CCC(O)(C(=O)O)C(O)(CC)C(=O)O.OB(O)O. The molecular formula is C8H17BO9. The highest BCUT2D eigenvalue weighted by Crippen LogP contribution is 2.29. The number of aliphatic carboxylic acids is 2. The van der Waals surface area contributed by atoms with Gasteiger partial charge in [0.25, 0.3) is 0 Å². The molecule has 0 fully saturated rings. The Kier molecular flexibility index (Phi) is 7.75. The van der Waals surface area contributed by atoms with Gasteiger partial charge in [-0.1, -0.05) is 13.8 Å². The van der Waals surface area contributed by atoms with Crippen molar-refractivity contribution in [3.63, 3.8) is 0 Å². The Labute approximate surface area is 103 Å². The van der Waals surface area contributed by atoms with Gasteiger partial charge in [0.05, 0.1) is 0 Å². The van der Waals surface area contributed by atoms with Crippen LogP contribution in [0.25, 0.3) is 0 Å². The molecule has 0 aliphatic rings. The van der Waals surface area contributed by atoms with Crippen LogP contribution in [0.5, 0.6) is 0 Å². The van der Waals surface area contributed by atoms with E-state index in [1.54, 1.807) is 0 Å². The molecule has 0 radical (unpaired) electrons. The summed E-state index contributed by atoms with van der Waals surface area (Å²) in [5, 5.41) is 58.0. The van der Waals surface area contributed by atoms with Crippen LogP contribution in [0.4, 0.5) is 0 Å². The fraction of sp³-hybridized carbons (Fsp3) is 0.750. The third-order valence-electron chi connectivity index (χ3n) is 2.42. The van der Waals surface area contributed by atoms with Gasteiger partial charge in [-0.05, 0) is 12.8 Å². The zero-order valence-corrected chi connectivity index (χ0v) is 9.94. The summed E-state index contributed by atoms with van der Waals surface area (Å²) in [5.41, 5.74) is -5.32. The molecule has 0 saturated heterocycles. The first kappa shape index (κ1) is 19.2. The summed E-state index contributed by atoms with van der Waals surface area (Å²) in [6, 6.07) is 0. The smallest absolute Gasteiger partial charge is 0.479 e. The van der Waals surface area contributed by atoms with E-state index in [0.717, 1.165) is 0 Å². The van der Waals surface area contributed by atoms with Crippen LogP contribution >= 0.6 is 0 Å². The predicted molar refractivity (Wildman–Crippen MR) is 58.2 cm³/mol. The highest BCUT2D eigenvalue weighted by atomic mass is 16.5. The molecular weight excluding hydrogens is 251 g/mol. The van der Waals surface area contributed by atoms with E-state index in [2.05, 4.69) is 0 Å². The Morgan fingerprint density at radius 1 is 0.889 bits per heavy atom. The minimum atomic E-state index is -2.66. The number of carboxylic acid groups (broad SMARTS) is 2. The monoisotopic (exact) mass is 268 g/mol. The van der Waals surface area contributed by atoms with Crippen LogP contribution < -0.4 is 0 Å². The molecule has 0 heterocycles. The average Bonchev–Trinajstić information content (AvgIpc) is 2.25. The summed E-state index contributed by atoms with van der Waals surface area (Å²) < 4.78 is 0. The largest absolute Gasteiger partial charge is 0.631 e.